The molecule has 2 rings (SSSR count). The second-order valence-electron chi connectivity index (χ2n) is 7.47. The monoisotopic (exact) mass is 345 g/mol. The third-order valence-electron chi connectivity index (χ3n) is 4.79. The maximum absolute atomic E-state index is 13.0. The molecule has 1 aromatic rings. The molecule has 0 bridgehead atoms. The molecule has 0 saturated carbocycles. The highest BCUT2D eigenvalue weighted by Crippen LogP contribution is 2.19. The van der Waals surface area contributed by atoms with E-state index in [1.165, 1.54) is 0 Å². The molecule has 2 atom stereocenters. The van der Waals surface area contributed by atoms with Crippen LogP contribution in [0.4, 0.5) is 0 Å². The minimum absolute atomic E-state index is 0.0502. The van der Waals surface area contributed by atoms with E-state index in [9.17, 15) is 9.59 Å². The van der Waals surface area contributed by atoms with E-state index in [4.69, 9.17) is 0 Å². The van der Waals surface area contributed by atoms with Gasteiger partial charge in [-0.05, 0) is 56.8 Å². The molecule has 0 spiro atoms. The number of carbonyl (C=O) groups excluding carboxylic acids is 2. The number of nitrogens with one attached hydrogen (secondary N) is 2. The van der Waals surface area contributed by atoms with E-state index in [1.54, 1.807) is 6.07 Å². The van der Waals surface area contributed by atoms with E-state index in [0.29, 0.717) is 23.8 Å². The van der Waals surface area contributed by atoms with Gasteiger partial charge in [-0.25, -0.2) is 0 Å². The summed E-state index contributed by atoms with van der Waals surface area (Å²) in [4.78, 5) is 27.5. The molecule has 1 aliphatic rings. The topological polar surface area (TPSA) is 61.4 Å². The van der Waals surface area contributed by atoms with Crippen LogP contribution in [0, 0.1) is 18.8 Å². The van der Waals surface area contributed by atoms with Crippen molar-refractivity contribution in [2.45, 2.75) is 39.7 Å². The normalized spacial score (nSPS) is 18.4. The van der Waals surface area contributed by atoms with Crippen LogP contribution in [-0.2, 0) is 4.79 Å². The fraction of sp³-hybridized carbons (Fsp3) is 0.600. The Bertz CT molecular complexity index is 600. The van der Waals surface area contributed by atoms with Gasteiger partial charge in [-0.3, -0.25) is 9.59 Å². The van der Waals surface area contributed by atoms with E-state index in [2.05, 4.69) is 24.5 Å². The fourth-order valence-corrected chi connectivity index (χ4v) is 3.47. The summed E-state index contributed by atoms with van der Waals surface area (Å²) in [5, 5.41) is 6.17. The first-order chi connectivity index (χ1) is 11.9. The summed E-state index contributed by atoms with van der Waals surface area (Å²) < 4.78 is 0. The highest BCUT2D eigenvalue weighted by Gasteiger charge is 2.32. The lowest BCUT2D eigenvalue weighted by atomic mass is 10.0. The lowest BCUT2D eigenvalue weighted by Gasteiger charge is -2.26. The van der Waals surface area contributed by atoms with Gasteiger partial charge in [-0.2, -0.15) is 0 Å². The third-order valence-corrected chi connectivity index (χ3v) is 4.79. The van der Waals surface area contributed by atoms with Gasteiger partial charge in [0.1, 0.15) is 6.04 Å². The molecule has 0 aromatic heterocycles. The van der Waals surface area contributed by atoms with Crippen molar-refractivity contribution in [1.29, 1.82) is 0 Å². The minimum Gasteiger partial charge on any atom is -0.341 e. The van der Waals surface area contributed by atoms with Gasteiger partial charge in [0.25, 0.3) is 5.91 Å². The van der Waals surface area contributed by atoms with Crippen LogP contribution < -0.4 is 10.6 Å². The molecular formula is C20H31N3O2. The highest BCUT2D eigenvalue weighted by molar-refractivity contribution is 5.98. The zero-order valence-electron chi connectivity index (χ0n) is 15.8. The van der Waals surface area contributed by atoms with Crippen LogP contribution in [0.2, 0.25) is 0 Å². The molecule has 1 aromatic carbocycles. The van der Waals surface area contributed by atoms with Crippen LogP contribution in [0.15, 0.2) is 24.3 Å². The lowest BCUT2D eigenvalue weighted by Crippen LogP contribution is -2.48. The van der Waals surface area contributed by atoms with Crippen LogP contribution in [0.5, 0.6) is 0 Å². The van der Waals surface area contributed by atoms with Crippen molar-refractivity contribution in [2.75, 3.05) is 26.7 Å². The Kier molecular flexibility index (Phi) is 7.00. The van der Waals surface area contributed by atoms with E-state index in [1.807, 2.05) is 37.1 Å². The number of aryl methyl sites for hydroxylation is 1. The molecule has 5 nitrogen and oxygen atoms in total. The third kappa shape index (κ3) is 5.30. The largest absolute Gasteiger partial charge is 0.341 e. The van der Waals surface area contributed by atoms with E-state index in [-0.39, 0.29) is 11.8 Å². The number of amides is 2. The van der Waals surface area contributed by atoms with E-state index in [0.717, 1.165) is 31.6 Å². The van der Waals surface area contributed by atoms with Gasteiger partial charge < -0.3 is 15.5 Å². The van der Waals surface area contributed by atoms with Crippen molar-refractivity contribution in [3.8, 4) is 0 Å². The fourth-order valence-electron chi connectivity index (χ4n) is 3.47. The first kappa shape index (κ1) is 19.4. The average molecular weight is 345 g/mol. The lowest BCUT2D eigenvalue weighted by molar-refractivity contribution is -0.132. The molecule has 2 unspecified atom stereocenters. The molecule has 0 aliphatic carbocycles. The second kappa shape index (κ2) is 8.99. The Morgan fingerprint density at radius 3 is 2.64 bits per heavy atom. The summed E-state index contributed by atoms with van der Waals surface area (Å²) in [6.07, 6.45) is 1.68. The van der Waals surface area contributed by atoms with Crippen LogP contribution in [-0.4, -0.2) is 49.4 Å². The highest BCUT2D eigenvalue weighted by atomic mass is 16.2. The summed E-state index contributed by atoms with van der Waals surface area (Å²) in [7, 11) is 1.94. The summed E-state index contributed by atoms with van der Waals surface area (Å²) in [6.45, 7) is 8.54. The number of nitrogens with zero attached hydrogens (tertiary/aromatic N) is 1. The van der Waals surface area contributed by atoms with Crippen molar-refractivity contribution in [1.82, 2.24) is 15.5 Å². The Balaban J connectivity index is 2.07. The summed E-state index contributed by atoms with van der Waals surface area (Å²) in [5.41, 5.74) is 1.56. The maximum atomic E-state index is 13.0. The van der Waals surface area contributed by atoms with Crippen LogP contribution in [0.25, 0.3) is 0 Å². The van der Waals surface area contributed by atoms with Gasteiger partial charge in [-0.15, -0.1) is 0 Å². The number of carbonyl (C=O) groups is 2. The minimum atomic E-state index is -0.458. The molecule has 0 radical (unpaired) electrons. The molecule has 25 heavy (non-hydrogen) atoms. The van der Waals surface area contributed by atoms with Crippen molar-refractivity contribution >= 4 is 11.8 Å². The number of benzene rings is 1. The van der Waals surface area contributed by atoms with Crippen LogP contribution in [0.3, 0.4) is 0 Å². The standard InChI is InChI=1S/C20H31N3O2/c1-14(2)11-18(20(25)23-10-9-16(13-23)12-21-4)22-19(24)17-8-6-5-7-15(17)3/h5-8,14,16,18,21H,9-13H2,1-4H3,(H,22,24). The molecule has 138 valence electrons. The molecular weight excluding hydrogens is 314 g/mol. The van der Waals surface area contributed by atoms with Crippen LogP contribution >= 0.6 is 0 Å². The molecule has 1 aliphatic heterocycles. The number of rotatable bonds is 7. The van der Waals surface area contributed by atoms with Crippen molar-refractivity contribution in [2.24, 2.45) is 11.8 Å². The van der Waals surface area contributed by atoms with E-state index < -0.39 is 6.04 Å². The van der Waals surface area contributed by atoms with E-state index >= 15 is 0 Å². The Labute approximate surface area is 151 Å². The first-order valence-electron chi connectivity index (χ1n) is 9.22. The van der Waals surface area contributed by atoms with Gasteiger partial charge in [0.2, 0.25) is 5.91 Å². The number of hydrogen-bond acceptors (Lipinski definition) is 3. The quantitative estimate of drug-likeness (QED) is 0.796. The molecule has 1 heterocycles. The first-order valence-corrected chi connectivity index (χ1v) is 9.22. The zero-order chi connectivity index (χ0) is 18.4. The Morgan fingerprint density at radius 1 is 1.28 bits per heavy atom. The molecule has 2 amide bonds. The molecule has 1 fully saturated rings. The molecule has 2 N–H and O–H groups in total. The summed E-state index contributed by atoms with van der Waals surface area (Å²) in [6, 6.07) is 7.02. The Hall–Kier alpha value is -1.88. The molecule has 1 saturated heterocycles. The van der Waals surface area contributed by atoms with Gasteiger partial charge >= 0.3 is 0 Å². The van der Waals surface area contributed by atoms with Gasteiger partial charge in [0, 0.05) is 18.7 Å². The Morgan fingerprint density at radius 2 is 2.00 bits per heavy atom. The SMILES string of the molecule is CNCC1CCN(C(=O)C(CC(C)C)NC(=O)c2ccccc2C)C1. The van der Waals surface area contributed by atoms with Crippen molar-refractivity contribution < 1.29 is 9.59 Å². The summed E-state index contributed by atoms with van der Waals surface area (Å²) in [5.74, 6) is 0.722. The second-order valence-corrected chi connectivity index (χ2v) is 7.47. The predicted octanol–water partition coefficient (Wildman–Crippen LogP) is 2.21. The number of likely N-dealkylation sites (tertiary alicyclic amines) is 1. The van der Waals surface area contributed by atoms with Crippen molar-refractivity contribution in [3.63, 3.8) is 0 Å². The van der Waals surface area contributed by atoms with Crippen molar-refractivity contribution in [3.05, 3.63) is 35.4 Å². The smallest absolute Gasteiger partial charge is 0.252 e. The van der Waals surface area contributed by atoms with Crippen LogP contribution in [0.1, 0.15) is 42.6 Å². The van der Waals surface area contributed by atoms with Gasteiger partial charge in [-0.1, -0.05) is 32.0 Å². The van der Waals surface area contributed by atoms with Gasteiger partial charge in [0.05, 0.1) is 0 Å². The predicted molar refractivity (Wildman–Crippen MR) is 101 cm³/mol. The molecule has 5 heteroatoms. The number of hydrogen-bond donors (Lipinski definition) is 2. The average Bonchev–Trinajstić information content (AvgIpc) is 3.02. The zero-order valence-corrected chi connectivity index (χ0v) is 15.8. The summed E-state index contributed by atoms with van der Waals surface area (Å²) >= 11 is 0. The van der Waals surface area contributed by atoms with Gasteiger partial charge in [0.15, 0.2) is 0 Å². The maximum Gasteiger partial charge on any atom is 0.252 e.